The molecule has 25 nitrogen and oxygen atoms in total. The number of hydrogen-bond donors (Lipinski definition) is 12. The van der Waals surface area contributed by atoms with Crippen molar-refractivity contribution < 1.29 is 173 Å². The summed E-state index contributed by atoms with van der Waals surface area (Å²) >= 11 is 0. The van der Waals surface area contributed by atoms with Crippen LogP contribution in [0.2, 0.25) is 0 Å². The second kappa shape index (κ2) is 21.5. The number of carboxylic acids is 2. The Hall–Kier alpha value is -0.800. The largest absolute Gasteiger partial charge is 1.00 e. The fraction of sp³-hybridized carbons (Fsp3) is 0.857. The number of carbonyl (C=O) groups is 4. The van der Waals surface area contributed by atoms with Crippen LogP contribution in [-0.2, 0) is 52.3 Å². The molecule has 0 unspecified atom stereocenters. The summed E-state index contributed by atoms with van der Waals surface area (Å²) in [5.74, 6) is -5.83. The molecule has 2 amide bonds. The smallest absolute Gasteiger partial charge is 0.547 e. The van der Waals surface area contributed by atoms with Crippen molar-refractivity contribution >= 4 is 23.8 Å². The molecular formula is C28H42N2Na2O23. The molecule has 4 aliphatic rings. The maximum absolute atomic E-state index is 12.3. The molecule has 55 heavy (non-hydrogen) atoms. The Balaban J connectivity index is 0.00000523. The first-order valence-corrected chi connectivity index (χ1v) is 16.0. The Morgan fingerprint density at radius 1 is 0.527 bits per heavy atom. The summed E-state index contributed by atoms with van der Waals surface area (Å²) in [6, 6.07) is -3.43. The van der Waals surface area contributed by atoms with E-state index in [1.54, 1.807) is 0 Å². The van der Waals surface area contributed by atoms with E-state index in [0.717, 1.165) is 13.8 Å². The third kappa shape index (κ3) is 11.3. The van der Waals surface area contributed by atoms with Gasteiger partial charge in [0.05, 0.1) is 25.2 Å². The minimum Gasteiger partial charge on any atom is -0.547 e. The quantitative estimate of drug-likeness (QED) is 0.0813. The number of carbonyl (C=O) groups excluding carboxylic acids is 4. The molecule has 4 saturated heterocycles. The van der Waals surface area contributed by atoms with Crippen molar-refractivity contribution in [1.29, 1.82) is 0 Å². The van der Waals surface area contributed by atoms with Crippen LogP contribution in [0.3, 0.4) is 0 Å². The molecule has 0 aromatic carbocycles. The van der Waals surface area contributed by atoms with Gasteiger partial charge in [-0.2, -0.15) is 0 Å². The molecule has 304 valence electrons. The Morgan fingerprint density at radius 2 is 0.945 bits per heavy atom. The molecular weight excluding hydrogens is 778 g/mol. The summed E-state index contributed by atoms with van der Waals surface area (Å²) in [6.45, 7) is 0.0522. The van der Waals surface area contributed by atoms with E-state index >= 15 is 0 Å². The van der Waals surface area contributed by atoms with E-state index in [1.807, 2.05) is 0 Å². The number of amides is 2. The van der Waals surface area contributed by atoms with Crippen LogP contribution in [0.4, 0.5) is 0 Å². The summed E-state index contributed by atoms with van der Waals surface area (Å²) in [5.41, 5.74) is 0. The summed E-state index contributed by atoms with van der Waals surface area (Å²) in [7, 11) is 0. The van der Waals surface area contributed by atoms with Crippen LogP contribution >= 0.6 is 0 Å². The molecule has 0 aromatic heterocycles. The Kier molecular flexibility index (Phi) is 19.6. The number of aliphatic hydroxyl groups excluding tert-OH is 10. The molecule has 20 atom stereocenters. The predicted molar refractivity (Wildman–Crippen MR) is 153 cm³/mol. The van der Waals surface area contributed by atoms with E-state index in [-0.39, 0.29) is 59.1 Å². The van der Waals surface area contributed by atoms with Gasteiger partial charge < -0.3 is 115 Å². The molecule has 4 rings (SSSR count). The monoisotopic (exact) mass is 820 g/mol. The van der Waals surface area contributed by atoms with E-state index in [1.165, 1.54) is 0 Å². The zero-order chi connectivity index (χ0) is 39.6. The van der Waals surface area contributed by atoms with Gasteiger partial charge in [-0.15, -0.1) is 0 Å². The minimum atomic E-state index is -2.42. The average Bonchev–Trinajstić information content (AvgIpc) is 3.08. The van der Waals surface area contributed by atoms with Gasteiger partial charge in [0, 0.05) is 13.8 Å². The molecule has 4 fully saturated rings. The van der Waals surface area contributed by atoms with Gasteiger partial charge in [-0.3, -0.25) is 9.59 Å². The molecule has 0 bridgehead atoms. The van der Waals surface area contributed by atoms with Crippen LogP contribution in [0.25, 0.3) is 0 Å². The normalized spacial score (nSPS) is 44.6. The van der Waals surface area contributed by atoms with Crippen LogP contribution in [0, 0.1) is 0 Å². The topological polar surface area (TPSA) is 405 Å². The molecule has 0 spiro atoms. The molecule has 12 N–H and O–H groups in total. The van der Waals surface area contributed by atoms with Crippen LogP contribution in [0.15, 0.2) is 0 Å². The maximum Gasteiger partial charge on any atom is 1.00 e. The van der Waals surface area contributed by atoms with Crippen LogP contribution in [0.5, 0.6) is 0 Å². The van der Waals surface area contributed by atoms with E-state index in [4.69, 9.17) is 33.2 Å². The van der Waals surface area contributed by atoms with Gasteiger partial charge in [-0.25, -0.2) is 0 Å². The number of rotatable bonds is 12. The molecule has 4 heterocycles. The molecule has 0 radical (unpaired) electrons. The fourth-order valence-corrected chi connectivity index (χ4v) is 6.28. The van der Waals surface area contributed by atoms with Crippen LogP contribution < -0.4 is 80.0 Å². The van der Waals surface area contributed by atoms with Crippen molar-refractivity contribution in [2.24, 2.45) is 0 Å². The van der Waals surface area contributed by atoms with E-state index < -0.39 is 160 Å². The second-order valence-corrected chi connectivity index (χ2v) is 12.7. The van der Waals surface area contributed by atoms with Gasteiger partial charge in [-0.1, -0.05) is 0 Å². The van der Waals surface area contributed by atoms with Gasteiger partial charge in [0.25, 0.3) is 0 Å². The number of aliphatic carboxylic acids is 2. The van der Waals surface area contributed by atoms with Crippen molar-refractivity contribution in [3.63, 3.8) is 0 Å². The number of carboxylic acid groups (broad SMARTS) is 2. The van der Waals surface area contributed by atoms with Crippen molar-refractivity contribution in [3.8, 4) is 0 Å². The van der Waals surface area contributed by atoms with E-state index in [0.29, 0.717) is 0 Å². The van der Waals surface area contributed by atoms with Crippen LogP contribution in [0.1, 0.15) is 13.8 Å². The maximum atomic E-state index is 12.3. The molecule has 4 aliphatic heterocycles. The van der Waals surface area contributed by atoms with Crippen LogP contribution in [-0.4, -0.2) is 211 Å². The SMILES string of the molecule is CC(=O)N[C@@H]1[C@@H](O[C@@H]2O[C@H](C(=O)[O-])[C@@H](O[C@@H]3O[C@H](CO)[C@H](O)[C@H](O[C@@H]4O[C@H](C(=O)[O-])[C@H](O)[C@H](O)[C@H]4O)[C@H]3NC(C)=O)[C@H](O)[C@H]2O)[C@H](O)[C@@H](CO)O[C@H]1O.[Na+].[Na+]. The fourth-order valence-electron chi connectivity index (χ4n) is 6.28. The summed E-state index contributed by atoms with van der Waals surface area (Å²) < 4.78 is 37.7. The predicted octanol–water partition coefficient (Wildman–Crippen LogP) is -17.9. The van der Waals surface area contributed by atoms with E-state index in [9.17, 15) is 80.5 Å². The number of aliphatic hydroxyl groups is 10. The molecule has 0 aromatic rings. The first-order chi connectivity index (χ1) is 24.8. The zero-order valence-electron chi connectivity index (χ0n) is 29.7. The first kappa shape index (κ1) is 50.3. The van der Waals surface area contributed by atoms with Crippen molar-refractivity contribution in [2.45, 2.75) is 137 Å². The van der Waals surface area contributed by atoms with Gasteiger partial charge in [0.2, 0.25) is 11.8 Å². The molecule has 27 heteroatoms. The third-order valence-electron chi connectivity index (χ3n) is 8.92. The van der Waals surface area contributed by atoms with Crippen molar-refractivity contribution in [3.05, 3.63) is 0 Å². The molecule has 0 aliphatic carbocycles. The van der Waals surface area contributed by atoms with E-state index in [2.05, 4.69) is 10.6 Å². The van der Waals surface area contributed by atoms with Gasteiger partial charge in [-0.05, 0) is 0 Å². The molecule has 0 saturated carbocycles. The summed E-state index contributed by atoms with van der Waals surface area (Å²) in [5, 5.41) is 133. The van der Waals surface area contributed by atoms with Gasteiger partial charge in [0.15, 0.2) is 25.2 Å². The minimum absolute atomic E-state index is 0. The first-order valence-electron chi connectivity index (χ1n) is 16.0. The van der Waals surface area contributed by atoms with Crippen molar-refractivity contribution in [1.82, 2.24) is 10.6 Å². The number of hydrogen-bond acceptors (Lipinski definition) is 23. The van der Waals surface area contributed by atoms with Gasteiger partial charge in [0.1, 0.15) is 97.5 Å². The number of nitrogens with one attached hydrogen (secondary N) is 2. The Labute approximate surface area is 354 Å². The standard InChI is InChI=1S/C28H44N2O23.2Na/c1-5(33)29-9-18(11(35)7(3-31)47-25(9)46)49-28-17(41)15(39)20(22(53-28)24(44)45)51-26-10(30-6(2)34)19(12(36)8(4-32)48-26)50-27-16(40)13(37)14(38)21(52-27)23(42)43;;/h7-22,25-28,31-32,35-41,46H,3-4H2,1-2H3,(H,29,33)(H,30,34)(H,42,43)(H,44,45);;/q;2*+1/p-2/t7-,8-,9-,10-,11-,12+,13+,14-,15-,16-,17-,18-,19-,20+,21+,22+,25-,26+,27-,28-;;/m1../s1. The zero-order valence-corrected chi connectivity index (χ0v) is 33.7. The van der Waals surface area contributed by atoms with Crippen molar-refractivity contribution in [2.75, 3.05) is 13.2 Å². The summed E-state index contributed by atoms with van der Waals surface area (Å²) in [4.78, 5) is 47.9. The number of ether oxygens (including phenoxy) is 7. The Morgan fingerprint density at radius 3 is 1.42 bits per heavy atom. The van der Waals surface area contributed by atoms with Gasteiger partial charge >= 0.3 is 59.1 Å². The average molecular weight is 821 g/mol. The second-order valence-electron chi connectivity index (χ2n) is 12.7. The third-order valence-corrected chi connectivity index (χ3v) is 8.92. The Bertz CT molecular complexity index is 1310. The summed E-state index contributed by atoms with van der Waals surface area (Å²) in [6.07, 6.45) is -37.4.